The van der Waals surface area contributed by atoms with E-state index in [1.54, 1.807) is 0 Å². The van der Waals surface area contributed by atoms with E-state index in [-0.39, 0.29) is 0 Å². The molecule has 312 valence electrons. The maximum absolute atomic E-state index is 2.53. The van der Waals surface area contributed by atoms with Crippen molar-refractivity contribution in [3.63, 3.8) is 0 Å². The van der Waals surface area contributed by atoms with Crippen molar-refractivity contribution in [1.29, 1.82) is 0 Å². The molecule has 4 aromatic heterocycles. The van der Waals surface area contributed by atoms with E-state index in [9.17, 15) is 0 Å². The molecule has 0 amide bonds. The van der Waals surface area contributed by atoms with Gasteiger partial charge in [-0.15, -0.1) is 0 Å². The minimum Gasteiger partial charge on any atom is -0.308 e. The summed E-state index contributed by atoms with van der Waals surface area (Å²) >= 11 is 0. The van der Waals surface area contributed by atoms with Crippen molar-refractivity contribution in [3.05, 3.63) is 218 Å². The first-order valence-corrected chi connectivity index (χ1v) is 23.6. The largest absolute Gasteiger partial charge is 0.308 e. The molecule has 0 aliphatic rings. The number of nitrogens with zero attached hydrogens (tertiary/aromatic N) is 2. The molecule has 0 atom stereocenters. The SMILES string of the molecule is CC(C)c1ccc(-c2ccc3c(c2)c2cc4ccccc4c4c5cc(-c6cccc7c6cc6c8cc(-c9ccccc9-c9ccccc9)ccc8n8c9ccccc9c7c68)ccc5n3c24)cc1. The highest BCUT2D eigenvalue weighted by Crippen LogP contribution is 2.48. The van der Waals surface area contributed by atoms with Gasteiger partial charge in [-0.05, 0) is 132 Å². The minimum absolute atomic E-state index is 0.508. The first-order chi connectivity index (χ1) is 33.1. The van der Waals surface area contributed by atoms with Gasteiger partial charge in [0, 0.05) is 43.1 Å². The van der Waals surface area contributed by atoms with Gasteiger partial charge in [0.2, 0.25) is 0 Å². The van der Waals surface area contributed by atoms with Crippen molar-refractivity contribution in [3.8, 4) is 44.5 Å². The van der Waals surface area contributed by atoms with Gasteiger partial charge in [0.25, 0.3) is 0 Å². The number of hydrogen-bond acceptors (Lipinski definition) is 0. The lowest BCUT2D eigenvalue weighted by Crippen LogP contribution is -1.87. The summed E-state index contributed by atoms with van der Waals surface area (Å²) in [5.74, 6) is 0.508. The standard InChI is InChI=1S/C65H42N2/c1-38(2)39-23-25-40(26-24-39)42-27-30-59-53(33-42)55-35-43-15-6-7-18-49(43)62-57-36-45(29-32-61(57)67(59)64(55)62)48-20-12-21-50-52(48)37-56-54-34-44(47-17-9-8-16-46(47)41-13-4-3-5-14-41)28-31-60(54)66-58-22-11-10-19-51(58)63(50)65(56)66/h3-38H,1-2H3. The second kappa shape index (κ2) is 13.5. The zero-order chi connectivity index (χ0) is 44.1. The summed E-state index contributed by atoms with van der Waals surface area (Å²) in [6.45, 7) is 4.51. The lowest BCUT2D eigenvalue weighted by Gasteiger charge is -2.12. The van der Waals surface area contributed by atoms with Crippen LogP contribution in [0.25, 0.3) is 142 Å². The van der Waals surface area contributed by atoms with Crippen molar-refractivity contribution in [2.75, 3.05) is 0 Å². The molecule has 0 aliphatic heterocycles. The number of hydrogen-bond donors (Lipinski definition) is 0. The average Bonchev–Trinajstić information content (AvgIpc) is 4.11. The lowest BCUT2D eigenvalue weighted by molar-refractivity contribution is 0.867. The summed E-state index contributed by atoms with van der Waals surface area (Å²) in [5, 5.41) is 15.5. The maximum atomic E-state index is 2.53. The number of benzene rings is 11. The monoisotopic (exact) mass is 850 g/mol. The summed E-state index contributed by atoms with van der Waals surface area (Å²) < 4.78 is 5.05. The van der Waals surface area contributed by atoms with Crippen LogP contribution in [0.4, 0.5) is 0 Å². The normalized spacial score (nSPS) is 12.5. The van der Waals surface area contributed by atoms with Crippen LogP contribution in [0, 0.1) is 0 Å². The van der Waals surface area contributed by atoms with E-state index in [2.05, 4.69) is 235 Å². The molecule has 0 aliphatic carbocycles. The predicted octanol–water partition coefficient (Wildman–Crippen LogP) is 18.1. The van der Waals surface area contributed by atoms with Crippen molar-refractivity contribution >= 4 is 97.7 Å². The third-order valence-corrected chi connectivity index (χ3v) is 15.1. The fraction of sp³-hybridized carbons (Fsp3) is 0.0462. The van der Waals surface area contributed by atoms with Crippen LogP contribution in [0.15, 0.2) is 212 Å². The van der Waals surface area contributed by atoms with Crippen LogP contribution < -0.4 is 0 Å². The highest BCUT2D eigenvalue weighted by Gasteiger charge is 2.24. The Hall–Kier alpha value is -8.46. The molecule has 0 fully saturated rings. The smallest absolute Gasteiger partial charge is 0.0626 e. The van der Waals surface area contributed by atoms with Gasteiger partial charge in [0.15, 0.2) is 0 Å². The Balaban J connectivity index is 0.978. The minimum atomic E-state index is 0.508. The summed E-state index contributed by atoms with van der Waals surface area (Å²) in [5.41, 5.74) is 18.9. The first-order valence-electron chi connectivity index (χ1n) is 23.6. The van der Waals surface area contributed by atoms with Gasteiger partial charge in [-0.1, -0.05) is 172 Å². The Morgan fingerprint density at radius 1 is 0.284 bits per heavy atom. The van der Waals surface area contributed by atoms with Crippen LogP contribution in [0.2, 0.25) is 0 Å². The van der Waals surface area contributed by atoms with E-state index >= 15 is 0 Å². The average molecular weight is 851 g/mol. The molecule has 0 spiro atoms. The predicted molar refractivity (Wildman–Crippen MR) is 287 cm³/mol. The molecule has 11 aromatic carbocycles. The topological polar surface area (TPSA) is 8.82 Å². The van der Waals surface area contributed by atoms with E-state index in [1.165, 1.54) is 148 Å². The van der Waals surface area contributed by atoms with Crippen molar-refractivity contribution in [1.82, 2.24) is 8.80 Å². The van der Waals surface area contributed by atoms with Crippen LogP contribution in [-0.4, -0.2) is 8.80 Å². The first kappa shape index (κ1) is 36.8. The van der Waals surface area contributed by atoms with E-state index in [1.807, 2.05) is 0 Å². The maximum Gasteiger partial charge on any atom is 0.0626 e. The Labute approximate surface area is 386 Å². The highest BCUT2D eigenvalue weighted by molar-refractivity contribution is 6.34. The summed E-state index contributed by atoms with van der Waals surface area (Å²) in [6.07, 6.45) is 0. The van der Waals surface area contributed by atoms with Crippen molar-refractivity contribution in [2.45, 2.75) is 19.8 Å². The lowest BCUT2D eigenvalue weighted by atomic mass is 9.91. The highest BCUT2D eigenvalue weighted by atomic mass is 14.9. The number of fused-ring (bicyclic) bond motifs is 16. The molecule has 67 heavy (non-hydrogen) atoms. The number of aromatic nitrogens is 2. The molecule has 0 saturated carbocycles. The van der Waals surface area contributed by atoms with Crippen molar-refractivity contribution < 1.29 is 0 Å². The zero-order valence-corrected chi connectivity index (χ0v) is 37.2. The molecule has 15 rings (SSSR count). The fourth-order valence-corrected chi connectivity index (χ4v) is 12.0. The Morgan fingerprint density at radius 2 is 0.791 bits per heavy atom. The molecule has 15 aromatic rings. The second-order valence-electron chi connectivity index (χ2n) is 19.0. The van der Waals surface area contributed by atoms with Crippen molar-refractivity contribution in [2.24, 2.45) is 0 Å². The molecule has 2 heteroatoms. The Morgan fingerprint density at radius 3 is 1.54 bits per heavy atom. The van der Waals surface area contributed by atoms with Gasteiger partial charge < -0.3 is 8.80 Å². The molecule has 0 bridgehead atoms. The van der Waals surface area contributed by atoms with Crippen LogP contribution in [0.1, 0.15) is 25.3 Å². The quantitative estimate of drug-likeness (QED) is 0.163. The summed E-state index contributed by atoms with van der Waals surface area (Å²) in [6, 6.07) is 79.9. The van der Waals surface area contributed by atoms with Gasteiger partial charge in [0.05, 0.1) is 33.1 Å². The molecule has 0 unspecified atom stereocenters. The van der Waals surface area contributed by atoms with Gasteiger partial charge in [-0.3, -0.25) is 0 Å². The van der Waals surface area contributed by atoms with E-state index in [4.69, 9.17) is 0 Å². The van der Waals surface area contributed by atoms with Crippen LogP contribution >= 0.6 is 0 Å². The summed E-state index contributed by atoms with van der Waals surface area (Å²) in [4.78, 5) is 0. The Bertz CT molecular complexity index is 4510. The van der Waals surface area contributed by atoms with Crippen LogP contribution in [0.5, 0.6) is 0 Å². The van der Waals surface area contributed by atoms with Crippen LogP contribution in [0.3, 0.4) is 0 Å². The van der Waals surface area contributed by atoms with Gasteiger partial charge in [-0.2, -0.15) is 0 Å². The molecule has 0 N–H and O–H groups in total. The summed E-state index contributed by atoms with van der Waals surface area (Å²) in [7, 11) is 0. The Kier molecular flexibility index (Phi) is 7.45. The molecule has 2 nitrogen and oxygen atoms in total. The third-order valence-electron chi connectivity index (χ3n) is 15.1. The number of rotatable bonds is 5. The molecular weight excluding hydrogens is 809 g/mol. The zero-order valence-electron chi connectivity index (χ0n) is 37.2. The molecular formula is C65H42N2. The van der Waals surface area contributed by atoms with E-state index in [0.29, 0.717) is 5.92 Å². The molecule has 0 saturated heterocycles. The van der Waals surface area contributed by atoms with Gasteiger partial charge >= 0.3 is 0 Å². The van der Waals surface area contributed by atoms with Gasteiger partial charge in [0.1, 0.15) is 0 Å². The van der Waals surface area contributed by atoms with Crippen LogP contribution in [-0.2, 0) is 0 Å². The second-order valence-corrected chi connectivity index (χ2v) is 19.0. The molecule has 0 radical (unpaired) electrons. The van der Waals surface area contributed by atoms with E-state index in [0.717, 1.165) is 0 Å². The van der Waals surface area contributed by atoms with Gasteiger partial charge in [-0.25, -0.2) is 0 Å². The third kappa shape index (κ3) is 5.05. The van der Waals surface area contributed by atoms with E-state index < -0.39 is 0 Å². The number of para-hydroxylation sites is 1. The fourth-order valence-electron chi connectivity index (χ4n) is 12.0. The molecule has 4 heterocycles.